The lowest BCUT2D eigenvalue weighted by Crippen LogP contribution is -2.36. The molecule has 2 aromatic heterocycles. The number of benzene rings is 2. The van der Waals surface area contributed by atoms with Gasteiger partial charge < -0.3 is 10.2 Å². The highest BCUT2D eigenvalue weighted by molar-refractivity contribution is 5.80. The highest BCUT2D eigenvalue weighted by atomic mass is 16.6. The van der Waals surface area contributed by atoms with E-state index < -0.39 is 0 Å². The van der Waals surface area contributed by atoms with E-state index in [1.165, 1.54) is 5.69 Å². The van der Waals surface area contributed by atoms with Crippen molar-refractivity contribution in [2.75, 3.05) is 23.3 Å². The number of allylic oxidation sites excluding steroid dienone is 2. The summed E-state index contributed by atoms with van der Waals surface area (Å²) in [7, 11) is 0. The van der Waals surface area contributed by atoms with E-state index in [0.717, 1.165) is 48.6 Å². The van der Waals surface area contributed by atoms with E-state index in [4.69, 9.17) is 11.2 Å². The van der Waals surface area contributed by atoms with Gasteiger partial charge in [0.2, 0.25) is 0 Å². The molecule has 6 rings (SSSR count). The van der Waals surface area contributed by atoms with Crippen molar-refractivity contribution in [2.24, 2.45) is 5.92 Å². The van der Waals surface area contributed by atoms with Gasteiger partial charge in [0.1, 0.15) is 16.9 Å². The molecule has 2 aliphatic rings. The van der Waals surface area contributed by atoms with E-state index in [1.807, 2.05) is 24.3 Å². The molecule has 0 amide bonds. The second-order valence-electron chi connectivity index (χ2n) is 8.25. The Bertz CT molecular complexity index is 1340. The molecule has 1 fully saturated rings. The van der Waals surface area contributed by atoms with Crippen molar-refractivity contribution in [1.29, 1.82) is 0 Å². The summed E-state index contributed by atoms with van der Waals surface area (Å²) in [5.41, 5.74) is 6.17. The molecule has 32 heavy (non-hydrogen) atoms. The molecule has 0 radical (unpaired) electrons. The lowest BCUT2D eigenvalue weighted by molar-refractivity contribution is 0.315. The highest BCUT2D eigenvalue weighted by Gasteiger charge is 2.36. The Labute approximate surface area is 184 Å². The molecule has 4 aromatic rings. The standard InChI is InChI=1S/C24H21N7O/c1-25-23-20(17-8-5-9-19-22(17)30-32-29-19)18-14-26-28-24(18)27-21(23)15-10-12-31(13-11-15)16-6-3-2-4-7-16/h2-9,14-15,20H,10-13H2,(H2,26,27,28). The second kappa shape index (κ2) is 7.54. The van der Waals surface area contributed by atoms with Crippen molar-refractivity contribution < 1.29 is 4.63 Å². The van der Waals surface area contributed by atoms with Crippen LogP contribution in [0.25, 0.3) is 15.9 Å². The molecule has 158 valence electrons. The fourth-order valence-corrected chi connectivity index (χ4v) is 4.99. The Hall–Kier alpha value is -4.12. The predicted octanol–water partition coefficient (Wildman–Crippen LogP) is 4.55. The maximum absolute atomic E-state index is 8.09. The van der Waals surface area contributed by atoms with Crippen molar-refractivity contribution >= 4 is 22.5 Å². The fourth-order valence-electron chi connectivity index (χ4n) is 4.99. The van der Waals surface area contributed by atoms with Crippen molar-refractivity contribution in [3.05, 3.63) is 88.7 Å². The number of nitrogens with one attached hydrogen (secondary N) is 2. The Morgan fingerprint density at radius 1 is 1.00 bits per heavy atom. The first kappa shape index (κ1) is 18.6. The van der Waals surface area contributed by atoms with Gasteiger partial charge in [-0.05, 0) is 52.8 Å². The molecule has 0 saturated carbocycles. The number of aromatic amines is 1. The summed E-state index contributed by atoms with van der Waals surface area (Å²) in [5, 5.41) is 19.0. The van der Waals surface area contributed by atoms with Gasteiger partial charge in [-0.2, -0.15) is 5.10 Å². The Kier molecular flexibility index (Phi) is 4.39. The first-order chi connectivity index (χ1) is 15.8. The number of fused-ring (bicyclic) bond motifs is 2. The predicted molar refractivity (Wildman–Crippen MR) is 121 cm³/mol. The number of anilines is 2. The molecule has 0 spiro atoms. The molecule has 2 N–H and O–H groups in total. The Balaban J connectivity index is 1.38. The van der Waals surface area contributed by atoms with Gasteiger partial charge in [-0.15, -0.1) is 0 Å². The third-order valence-electron chi connectivity index (χ3n) is 6.56. The van der Waals surface area contributed by atoms with E-state index in [9.17, 15) is 0 Å². The van der Waals surface area contributed by atoms with Gasteiger partial charge >= 0.3 is 0 Å². The molecule has 0 bridgehead atoms. The maximum Gasteiger partial charge on any atom is 0.196 e. The number of rotatable bonds is 3. The number of piperidine rings is 1. The van der Waals surface area contributed by atoms with Crippen LogP contribution in [0.15, 0.2) is 70.8 Å². The van der Waals surface area contributed by atoms with Crippen molar-refractivity contribution in [3.8, 4) is 0 Å². The minimum absolute atomic E-state index is 0.264. The van der Waals surface area contributed by atoms with Crippen LogP contribution >= 0.6 is 0 Å². The SMILES string of the molecule is [C-]#[N+]C1=C(C2CCN(c3ccccc3)CC2)Nc2[nH]ncc2C1c1cccc2nonc12. The average molecular weight is 423 g/mol. The Morgan fingerprint density at radius 2 is 1.84 bits per heavy atom. The van der Waals surface area contributed by atoms with Gasteiger partial charge in [-0.1, -0.05) is 30.3 Å². The first-order valence-corrected chi connectivity index (χ1v) is 10.8. The molecular formula is C24H21N7O. The summed E-state index contributed by atoms with van der Waals surface area (Å²) >= 11 is 0. The quantitative estimate of drug-likeness (QED) is 0.470. The lowest BCUT2D eigenvalue weighted by Gasteiger charge is -2.37. The van der Waals surface area contributed by atoms with Gasteiger partial charge in [0.15, 0.2) is 5.70 Å². The van der Waals surface area contributed by atoms with Crippen LogP contribution in [0.1, 0.15) is 29.9 Å². The van der Waals surface area contributed by atoms with Gasteiger partial charge in [0.05, 0.1) is 18.7 Å². The minimum Gasteiger partial charge on any atom is -0.371 e. The fraction of sp³-hybridized carbons (Fsp3) is 0.250. The Morgan fingerprint density at radius 3 is 2.66 bits per heavy atom. The summed E-state index contributed by atoms with van der Waals surface area (Å²) in [6.45, 7) is 10.00. The van der Waals surface area contributed by atoms with Crippen molar-refractivity contribution in [1.82, 2.24) is 20.5 Å². The second-order valence-corrected chi connectivity index (χ2v) is 8.25. The number of nitrogens with zero attached hydrogens (tertiary/aromatic N) is 5. The highest BCUT2D eigenvalue weighted by Crippen LogP contribution is 2.46. The topological polar surface area (TPSA) is 87.2 Å². The molecule has 8 heteroatoms. The van der Waals surface area contributed by atoms with Crippen LogP contribution in [0.5, 0.6) is 0 Å². The largest absolute Gasteiger partial charge is 0.371 e. The van der Waals surface area contributed by atoms with E-state index in [2.05, 4.69) is 59.8 Å². The number of para-hydroxylation sites is 1. The van der Waals surface area contributed by atoms with Crippen LogP contribution in [0, 0.1) is 12.5 Å². The zero-order valence-electron chi connectivity index (χ0n) is 17.3. The molecule has 1 saturated heterocycles. The van der Waals surface area contributed by atoms with Gasteiger partial charge in [0, 0.05) is 30.0 Å². The molecular weight excluding hydrogens is 402 g/mol. The number of hydrogen-bond donors (Lipinski definition) is 2. The molecule has 1 atom stereocenters. The third-order valence-corrected chi connectivity index (χ3v) is 6.56. The van der Waals surface area contributed by atoms with Crippen LogP contribution in [-0.4, -0.2) is 33.6 Å². The molecule has 1 unspecified atom stereocenters. The van der Waals surface area contributed by atoms with Crippen LogP contribution in [0.4, 0.5) is 11.5 Å². The first-order valence-electron chi connectivity index (χ1n) is 10.8. The molecule has 2 aliphatic heterocycles. The molecule has 8 nitrogen and oxygen atoms in total. The third kappa shape index (κ3) is 2.94. The van der Waals surface area contributed by atoms with Crippen LogP contribution < -0.4 is 10.2 Å². The summed E-state index contributed by atoms with van der Waals surface area (Å²) in [6.07, 6.45) is 3.74. The van der Waals surface area contributed by atoms with Gasteiger partial charge in [0.25, 0.3) is 0 Å². The summed E-state index contributed by atoms with van der Waals surface area (Å²) < 4.78 is 4.99. The van der Waals surface area contributed by atoms with E-state index >= 15 is 0 Å². The summed E-state index contributed by atoms with van der Waals surface area (Å²) in [4.78, 5) is 6.46. The van der Waals surface area contributed by atoms with Crippen molar-refractivity contribution in [3.63, 3.8) is 0 Å². The molecule has 0 aliphatic carbocycles. The van der Waals surface area contributed by atoms with Crippen LogP contribution in [-0.2, 0) is 0 Å². The van der Waals surface area contributed by atoms with Crippen LogP contribution in [0.3, 0.4) is 0 Å². The monoisotopic (exact) mass is 423 g/mol. The average Bonchev–Trinajstić information content (AvgIpc) is 3.53. The van der Waals surface area contributed by atoms with Crippen molar-refractivity contribution in [2.45, 2.75) is 18.8 Å². The number of H-pyrrole nitrogens is 1. The maximum atomic E-state index is 8.09. The van der Waals surface area contributed by atoms with E-state index in [0.29, 0.717) is 16.7 Å². The van der Waals surface area contributed by atoms with Crippen LogP contribution in [0.2, 0.25) is 0 Å². The number of hydrogen-bond acceptors (Lipinski definition) is 6. The lowest BCUT2D eigenvalue weighted by atomic mass is 9.81. The van der Waals surface area contributed by atoms with E-state index in [1.54, 1.807) is 6.20 Å². The van der Waals surface area contributed by atoms with Gasteiger partial charge in [-0.25, -0.2) is 9.47 Å². The summed E-state index contributed by atoms with van der Waals surface area (Å²) in [6, 6.07) is 16.3. The minimum atomic E-state index is -0.264. The zero-order chi connectivity index (χ0) is 21.5. The molecule has 2 aromatic carbocycles. The van der Waals surface area contributed by atoms with Gasteiger partial charge in [-0.3, -0.25) is 5.10 Å². The zero-order valence-corrected chi connectivity index (χ0v) is 17.3. The molecule has 4 heterocycles. The smallest absolute Gasteiger partial charge is 0.196 e. The normalized spacial score (nSPS) is 19.0. The van der Waals surface area contributed by atoms with E-state index in [-0.39, 0.29) is 11.8 Å². The number of aromatic nitrogens is 4. The summed E-state index contributed by atoms with van der Waals surface area (Å²) in [5.74, 6) is 0.851.